The molecule has 0 bridgehead atoms. The summed E-state index contributed by atoms with van der Waals surface area (Å²) in [6.45, 7) is 5.12. The molecule has 1 N–H and O–H groups in total. The van der Waals surface area contributed by atoms with Crippen LogP contribution in [0.25, 0.3) is 0 Å². The largest absolute Gasteiger partial charge is 0.489 e. The van der Waals surface area contributed by atoms with Gasteiger partial charge in [-0.2, -0.15) is 5.26 Å². The number of hydrogen-bond acceptors (Lipinski definition) is 7. The molecule has 2 aliphatic rings. The number of likely N-dealkylation sites (tertiary alicyclic amines) is 1. The van der Waals surface area contributed by atoms with Crippen LogP contribution in [0.4, 0.5) is 16.4 Å². The van der Waals surface area contributed by atoms with E-state index in [0.29, 0.717) is 55.9 Å². The van der Waals surface area contributed by atoms with Gasteiger partial charge in [0.25, 0.3) is 0 Å². The molecular weight excluding hydrogens is 436 g/mol. The van der Waals surface area contributed by atoms with Crippen LogP contribution in [0.5, 0.6) is 5.75 Å². The van der Waals surface area contributed by atoms with E-state index in [1.165, 1.54) is 17.2 Å². The predicted molar refractivity (Wildman–Crippen MR) is 124 cm³/mol. The molecule has 3 amide bonds. The van der Waals surface area contributed by atoms with Crippen molar-refractivity contribution in [1.29, 1.82) is 5.26 Å². The number of anilines is 2. The highest BCUT2D eigenvalue weighted by Crippen LogP contribution is 2.29. The van der Waals surface area contributed by atoms with Crippen LogP contribution in [0.1, 0.15) is 60.3 Å². The third-order valence-corrected chi connectivity index (χ3v) is 5.75. The van der Waals surface area contributed by atoms with Gasteiger partial charge in [0.2, 0.25) is 5.91 Å². The maximum atomic E-state index is 13.1. The van der Waals surface area contributed by atoms with Crippen LogP contribution in [-0.4, -0.2) is 52.3 Å². The molecule has 0 unspecified atom stereocenters. The Hall–Kier alpha value is -4.00. The number of carbonyl (C=O) groups is 3. The highest BCUT2D eigenvalue weighted by molar-refractivity contribution is 6.01. The van der Waals surface area contributed by atoms with Gasteiger partial charge in [-0.15, -0.1) is 0 Å². The number of aldehydes is 1. The van der Waals surface area contributed by atoms with Gasteiger partial charge in [-0.1, -0.05) is 0 Å². The van der Waals surface area contributed by atoms with Gasteiger partial charge >= 0.3 is 6.03 Å². The van der Waals surface area contributed by atoms with Crippen LogP contribution < -0.4 is 15.0 Å². The van der Waals surface area contributed by atoms with E-state index in [9.17, 15) is 19.6 Å². The number of aryl methyl sites for hydroxylation is 1. The molecule has 4 heterocycles. The smallest absolute Gasteiger partial charge is 0.328 e. The first kappa shape index (κ1) is 23.2. The second kappa shape index (κ2) is 9.87. The lowest BCUT2D eigenvalue weighted by molar-refractivity contribution is -0.128. The molecule has 0 saturated carbocycles. The quantitative estimate of drug-likeness (QED) is 0.653. The zero-order valence-electron chi connectivity index (χ0n) is 19.2. The fraction of sp³-hybridized carbons (Fsp3) is 0.417. The first-order valence-corrected chi connectivity index (χ1v) is 11.3. The van der Waals surface area contributed by atoms with E-state index >= 15 is 0 Å². The molecule has 10 heteroatoms. The number of carbonyl (C=O) groups excluding carboxylic acids is 3. The minimum atomic E-state index is -0.444. The Balaban J connectivity index is 1.57. The van der Waals surface area contributed by atoms with Crippen molar-refractivity contribution in [2.45, 2.75) is 52.2 Å². The van der Waals surface area contributed by atoms with Crippen LogP contribution in [0, 0.1) is 11.3 Å². The molecule has 0 aromatic carbocycles. The Kier molecular flexibility index (Phi) is 6.72. The van der Waals surface area contributed by atoms with Crippen molar-refractivity contribution in [3.8, 4) is 11.8 Å². The van der Waals surface area contributed by atoms with Gasteiger partial charge in [-0.3, -0.25) is 19.8 Å². The minimum absolute atomic E-state index is 0.0753. The predicted octanol–water partition coefficient (Wildman–Crippen LogP) is 3.06. The number of amides is 3. The topological polar surface area (TPSA) is 129 Å². The SMILES string of the molecule is CC(C)Oc1cc(NC(=O)N2CCCc3cc(CN4CCCC4=O)c(C=O)nc32)ncc1C#N. The number of nitrogens with zero attached hydrogens (tertiary/aromatic N) is 5. The molecule has 2 aliphatic heterocycles. The highest BCUT2D eigenvalue weighted by atomic mass is 16.5. The summed E-state index contributed by atoms with van der Waals surface area (Å²) in [5.41, 5.74) is 2.04. The van der Waals surface area contributed by atoms with Crippen molar-refractivity contribution >= 4 is 29.9 Å². The number of ether oxygens (including phenoxy) is 1. The molecular formula is C24H26N6O4. The summed E-state index contributed by atoms with van der Waals surface area (Å²) in [5.74, 6) is 1.08. The molecule has 1 fully saturated rings. The van der Waals surface area contributed by atoms with Gasteiger partial charge < -0.3 is 9.64 Å². The van der Waals surface area contributed by atoms with E-state index in [1.54, 1.807) is 4.90 Å². The number of urea groups is 1. The van der Waals surface area contributed by atoms with E-state index in [4.69, 9.17) is 4.74 Å². The average Bonchev–Trinajstić information content (AvgIpc) is 3.22. The third kappa shape index (κ3) is 4.83. The molecule has 0 spiro atoms. The number of fused-ring (bicyclic) bond motifs is 1. The molecule has 34 heavy (non-hydrogen) atoms. The molecule has 0 aliphatic carbocycles. The average molecular weight is 463 g/mol. The fourth-order valence-electron chi connectivity index (χ4n) is 4.18. The molecule has 2 aromatic rings. The summed E-state index contributed by atoms with van der Waals surface area (Å²) in [7, 11) is 0. The molecule has 1 saturated heterocycles. The van der Waals surface area contributed by atoms with Crippen LogP contribution in [0.3, 0.4) is 0 Å². The summed E-state index contributed by atoms with van der Waals surface area (Å²) in [6, 6.07) is 4.98. The monoisotopic (exact) mass is 462 g/mol. The number of aromatic nitrogens is 2. The third-order valence-electron chi connectivity index (χ3n) is 5.75. The molecule has 176 valence electrons. The van der Waals surface area contributed by atoms with Crippen molar-refractivity contribution in [1.82, 2.24) is 14.9 Å². The van der Waals surface area contributed by atoms with Crippen molar-refractivity contribution < 1.29 is 19.1 Å². The minimum Gasteiger partial charge on any atom is -0.489 e. The van der Waals surface area contributed by atoms with Gasteiger partial charge in [0.05, 0.1) is 12.3 Å². The number of nitrogens with one attached hydrogen (secondary N) is 1. The molecule has 4 rings (SSSR count). The van der Waals surface area contributed by atoms with E-state index in [-0.39, 0.29) is 29.1 Å². The van der Waals surface area contributed by atoms with Crippen molar-refractivity contribution in [2.75, 3.05) is 23.3 Å². The zero-order chi connectivity index (χ0) is 24.2. The summed E-state index contributed by atoms with van der Waals surface area (Å²) >= 11 is 0. The van der Waals surface area contributed by atoms with Crippen molar-refractivity contribution in [3.63, 3.8) is 0 Å². The molecule has 10 nitrogen and oxygen atoms in total. The van der Waals surface area contributed by atoms with Gasteiger partial charge in [0.15, 0.2) is 6.29 Å². The lowest BCUT2D eigenvalue weighted by Gasteiger charge is -2.29. The lowest BCUT2D eigenvalue weighted by Crippen LogP contribution is -2.40. The maximum absolute atomic E-state index is 13.1. The van der Waals surface area contributed by atoms with Crippen LogP contribution >= 0.6 is 0 Å². The van der Waals surface area contributed by atoms with Crippen LogP contribution in [0.15, 0.2) is 18.3 Å². The number of rotatable bonds is 6. The Bertz CT molecular complexity index is 1170. The molecule has 0 radical (unpaired) electrons. The second-order valence-electron chi connectivity index (χ2n) is 8.58. The Labute approximate surface area is 197 Å². The number of pyridine rings is 2. The van der Waals surface area contributed by atoms with E-state index in [2.05, 4.69) is 15.3 Å². The zero-order valence-corrected chi connectivity index (χ0v) is 19.2. The molecule has 0 atom stereocenters. The van der Waals surface area contributed by atoms with E-state index in [0.717, 1.165) is 18.4 Å². The highest BCUT2D eigenvalue weighted by Gasteiger charge is 2.28. The van der Waals surface area contributed by atoms with E-state index < -0.39 is 6.03 Å². The van der Waals surface area contributed by atoms with E-state index in [1.807, 2.05) is 26.0 Å². The first-order valence-electron chi connectivity index (χ1n) is 11.3. The van der Waals surface area contributed by atoms with Gasteiger partial charge in [-0.25, -0.2) is 14.8 Å². The Morgan fingerprint density at radius 1 is 1.29 bits per heavy atom. The van der Waals surface area contributed by atoms with Crippen molar-refractivity contribution in [2.24, 2.45) is 0 Å². The standard InChI is InChI=1S/C24H26N6O4/c1-15(2)34-20-10-21(26-12-18(20)11-25)28-24(33)30-8-3-5-16-9-17(19(14-31)27-23(16)30)13-29-7-4-6-22(29)32/h9-10,12,14-15H,3-8,13H2,1-2H3,(H,26,28,33). The lowest BCUT2D eigenvalue weighted by atomic mass is 10.0. The maximum Gasteiger partial charge on any atom is 0.328 e. The summed E-state index contributed by atoms with van der Waals surface area (Å²) in [5, 5.41) is 12.0. The van der Waals surface area contributed by atoms with Crippen LogP contribution in [-0.2, 0) is 17.8 Å². The number of hydrogen-bond donors (Lipinski definition) is 1. The van der Waals surface area contributed by atoms with Gasteiger partial charge in [-0.05, 0) is 44.7 Å². The van der Waals surface area contributed by atoms with Crippen LogP contribution in [0.2, 0.25) is 0 Å². The Morgan fingerprint density at radius 3 is 2.76 bits per heavy atom. The number of nitriles is 1. The van der Waals surface area contributed by atoms with Gasteiger partial charge in [0, 0.05) is 37.7 Å². The summed E-state index contributed by atoms with van der Waals surface area (Å²) < 4.78 is 5.66. The van der Waals surface area contributed by atoms with Crippen molar-refractivity contribution in [3.05, 3.63) is 40.7 Å². The summed E-state index contributed by atoms with van der Waals surface area (Å²) in [4.78, 5) is 48.8. The Morgan fingerprint density at radius 2 is 2.09 bits per heavy atom. The fourth-order valence-corrected chi connectivity index (χ4v) is 4.18. The second-order valence-corrected chi connectivity index (χ2v) is 8.58. The normalized spacial score (nSPS) is 15.2. The molecule has 2 aromatic heterocycles. The van der Waals surface area contributed by atoms with Gasteiger partial charge in [0.1, 0.15) is 34.7 Å². The first-order chi connectivity index (χ1) is 16.4. The summed E-state index contributed by atoms with van der Waals surface area (Å²) in [6.07, 6.45) is 4.65.